The molecule has 0 aromatic carbocycles. The number of aromatic nitrogens is 3. The number of hydrogen-bond acceptors (Lipinski definition) is 4. The molecular weight excluding hydrogens is 280 g/mol. The normalized spacial score (nSPS) is 12.4. The summed E-state index contributed by atoms with van der Waals surface area (Å²) in [5, 5.41) is 11.3. The van der Waals surface area contributed by atoms with Crippen molar-refractivity contribution in [1.82, 2.24) is 20.3 Å². The van der Waals surface area contributed by atoms with Crippen molar-refractivity contribution < 1.29 is 9.32 Å². The second-order valence-electron chi connectivity index (χ2n) is 6.00. The predicted molar refractivity (Wildman–Crippen MR) is 83.6 cm³/mol. The van der Waals surface area contributed by atoms with E-state index in [1.807, 2.05) is 32.4 Å². The van der Waals surface area contributed by atoms with Gasteiger partial charge < -0.3 is 9.84 Å². The number of carbonyl (C=O) groups is 1. The zero-order chi connectivity index (χ0) is 16.3. The molecule has 2 aromatic rings. The van der Waals surface area contributed by atoms with Crippen LogP contribution < -0.4 is 5.32 Å². The molecule has 6 heteroatoms. The standard InChI is InChI=1S/C16H24N4O2/c1-10(9-20-12(3)6-11(2)18-20)8-17-16(21)7-15-13(4)19-22-14(15)5/h6,10H,7-9H2,1-5H3,(H,17,21). The first-order valence-electron chi connectivity index (χ1n) is 7.56. The van der Waals surface area contributed by atoms with Gasteiger partial charge >= 0.3 is 0 Å². The first kappa shape index (κ1) is 16.3. The number of nitrogens with one attached hydrogen (secondary N) is 1. The lowest BCUT2D eigenvalue weighted by Gasteiger charge is -2.14. The molecule has 0 spiro atoms. The van der Waals surface area contributed by atoms with E-state index in [-0.39, 0.29) is 5.91 Å². The van der Waals surface area contributed by atoms with E-state index in [2.05, 4.69) is 28.6 Å². The minimum Gasteiger partial charge on any atom is -0.361 e. The van der Waals surface area contributed by atoms with E-state index in [0.717, 1.165) is 29.2 Å². The van der Waals surface area contributed by atoms with Crippen LogP contribution in [0.3, 0.4) is 0 Å². The quantitative estimate of drug-likeness (QED) is 0.887. The molecule has 0 bridgehead atoms. The Morgan fingerprint density at radius 1 is 1.36 bits per heavy atom. The summed E-state index contributed by atoms with van der Waals surface area (Å²) in [4.78, 5) is 12.0. The van der Waals surface area contributed by atoms with Crippen molar-refractivity contribution in [3.8, 4) is 0 Å². The van der Waals surface area contributed by atoms with Crippen LogP contribution in [-0.4, -0.2) is 27.4 Å². The van der Waals surface area contributed by atoms with Crippen molar-refractivity contribution >= 4 is 5.91 Å². The third-order valence-electron chi connectivity index (χ3n) is 3.75. The van der Waals surface area contributed by atoms with Gasteiger partial charge in [0.15, 0.2) is 0 Å². The maximum absolute atomic E-state index is 12.0. The Hall–Kier alpha value is -2.11. The fraction of sp³-hybridized carbons (Fsp3) is 0.562. The van der Waals surface area contributed by atoms with Gasteiger partial charge in [-0.15, -0.1) is 0 Å². The molecular formula is C16H24N4O2. The maximum atomic E-state index is 12.0. The molecule has 0 saturated carbocycles. The van der Waals surface area contributed by atoms with Crippen LogP contribution in [0.1, 0.15) is 35.3 Å². The maximum Gasteiger partial charge on any atom is 0.224 e. The molecule has 0 fully saturated rings. The van der Waals surface area contributed by atoms with Gasteiger partial charge in [-0.2, -0.15) is 5.10 Å². The van der Waals surface area contributed by atoms with Crippen LogP contribution in [0.5, 0.6) is 0 Å². The van der Waals surface area contributed by atoms with E-state index in [9.17, 15) is 4.79 Å². The lowest BCUT2D eigenvalue weighted by Crippen LogP contribution is -2.31. The third kappa shape index (κ3) is 3.96. The van der Waals surface area contributed by atoms with Crippen LogP contribution in [0, 0.1) is 33.6 Å². The predicted octanol–water partition coefficient (Wildman–Crippen LogP) is 2.10. The molecule has 0 radical (unpaired) electrons. The summed E-state index contributed by atoms with van der Waals surface area (Å²) in [5.74, 6) is 1.02. The van der Waals surface area contributed by atoms with Crippen molar-refractivity contribution in [2.24, 2.45) is 5.92 Å². The second kappa shape index (κ2) is 6.77. The van der Waals surface area contributed by atoms with Crippen molar-refractivity contribution in [2.45, 2.75) is 47.6 Å². The summed E-state index contributed by atoms with van der Waals surface area (Å²) in [6, 6.07) is 2.06. The van der Waals surface area contributed by atoms with Crippen molar-refractivity contribution in [3.63, 3.8) is 0 Å². The van der Waals surface area contributed by atoms with Gasteiger partial charge in [-0.3, -0.25) is 9.48 Å². The molecule has 2 rings (SSSR count). The van der Waals surface area contributed by atoms with Crippen molar-refractivity contribution in [2.75, 3.05) is 6.54 Å². The van der Waals surface area contributed by atoms with E-state index in [4.69, 9.17) is 4.52 Å². The van der Waals surface area contributed by atoms with Crippen LogP contribution in [0.25, 0.3) is 0 Å². The monoisotopic (exact) mass is 304 g/mol. The molecule has 0 aliphatic heterocycles. The summed E-state index contributed by atoms with van der Waals surface area (Å²) in [5.41, 5.74) is 3.82. The highest BCUT2D eigenvalue weighted by Crippen LogP contribution is 2.12. The zero-order valence-electron chi connectivity index (χ0n) is 13.9. The van der Waals surface area contributed by atoms with Gasteiger partial charge in [0.1, 0.15) is 5.76 Å². The summed E-state index contributed by atoms with van der Waals surface area (Å²) in [6.45, 7) is 11.2. The molecule has 6 nitrogen and oxygen atoms in total. The largest absolute Gasteiger partial charge is 0.361 e. The Kier molecular flexibility index (Phi) is 5.00. The number of rotatable bonds is 6. The first-order valence-corrected chi connectivity index (χ1v) is 7.56. The summed E-state index contributed by atoms with van der Waals surface area (Å²) in [6.07, 6.45) is 0.313. The van der Waals surface area contributed by atoms with Crippen LogP contribution in [0.4, 0.5) is 0 Å². The number of aryl methyl sites for hydroxylation is 4. The van der Waals surface area contributed by atoms with Crippen LogP contribution in [0.15, 0.2) is 10.6 Å². The minimum atomic E-state index is -0.00498. The van der Waals surface area contributed by atoms with Gasteiger partial charge in [-0.1, -0.05) is 12.1 Å². The fourth-order valence-corrected chi connectivity index (χ4v) is 2.48. The van der Waals surface area contributed by atoms with Crippen LogP contribution in [-0.2, 0) is 17.8 Å². The van der Waals surface area contributed by atoms with E-state index >= 15 is 0 Å². The second-order valence-corrected chi connectivity index (χ2v) is 6.00. The first-order chi connectivity index (χ1) is 10.4. The van der Waals surface area contributed by atoms with Crippen molar-refractivity contribution in [3.05, 3.63) is 34.5 Å². The lowest BCUT2D eigenvalue weighted by atomic mass is 10.1. The molecule has 2 aromatic heterocycles. The highest BCUT2D eigenvalue weighted by atomic mass is 16.5. The van der Waals surface area contributed by atoms with E-state index in [1.54, 1.807) is 0 Å². The van der Waals surface area contributed by atoms with Gasteiger partial charge in [-0.05, 0) is 39.7 Å². The molecule has 0 saturated heterocycles. The number of carbonyl (C=O) groups excluding carboxylic acids is 1. The summed E-state index contributed by atoms with van der Waals surface area (Å²) < 4.78 is 7.06. The van der Waals surface area contributed by atoms with Gasteiger partial charge in [-0.25, -0.2) is 0 Å². The van der Waals surface area contributed by atoms with Crippen molar-refractivity contribution in [1.29, 1.82) is 0 Å². The van der Waals surface area contributed by atoms with Gasteiger partial charge in [0.2, 0.25) is 5.91 Å². The Morgan fingerprint density at radius 2 is 2.09 bits per heavy atom. The number of nitrogens with zero attached hydrogens (tertiary/aromatic N) is 3. The van der Waals surface area contributed by atoms with Crippen LogP contribution in [0.2, 0.25) is 0 Å². The molecule has 22 heavy (non-hydrogen) atoms. The Labute approximate surface area is 130 Å². The highest BCUT2D eigenvalue weighted by Gasteiger charge is 2.14. The molecule has 120 valence electrons. The number of amides is 1. The number of hydrogen-bond donors (Lipinski definition) is 1. The Balaban J connectivity index is 1.82. The Bertz CT molecular complexity index is 638. The van der Waals surface area contributed by atoms with E-state index < -0.39 is 0 Å². The molecule has 0 aliphatic rings. The molecule has 1 amide bonds. The molecule has 2 heterocycles. The molecule has 1 atom stereocenters. The zero-order valence-corrected chi connectivity index (χ0v) is 13.9. The minimum absolute atomic E-state index is 0.00498. The topological polar surface area (TPSA) is 73.0 Å². The Morgan fingerprint density at radius 3 is 2.64 bits per heavy atom. The summed E-state index contributed by atoms with van der Waals surface area (Å²) in [7, 11) is 0. The fourth-order valence-electron chi connectivity index (χ4n) is 2.48. The van der Waals surface area contributed by atoms with E-state index in [0.29, 0.717) is 24.6 Å². The van der Waals surface area contributed by atoms with E-state index in [1.165, 1.54) is 0 Å². The average Bonchev–Trinajstić information content (AvgIpc) is 2.92. The lowest BCUT2D eigenvalue weighted by molar-refractivity contribution is -0.120. The summed E-state index contributed by atoms with van der Waals surface area (Å²) >= 11 is 0. The van der Waals surface area contributed by atoms with Gasteiger partial charge in [0.05, 0.1) is 17.8 Å². The van der Waals surface area contributed by atoms with Gasteiger partial charge in [0.25, 0.3) is 0 Å². The molecule has 1 unspecified atom stereocenters. The van der Waals surface area contributed by atoms with Crippen LogP contribution >= 0.6 is 0 Å². The average molecular weight is 304 g/mol. The molecule has 0 aliphatic carbocycles. The molecule has 1 N–H and O–H groups in total. The van der Waals surface area contributed by atoms with Gasteiger partial charge in [0, 0.05) is 24.3 Å². The third-order valence-corrected chi connectivity index (χ3v) is 3.75. The highest BCUT2D eigenvalue weighted by molar-refractivity contribution is 5.78. The SMILES string of the molecule is Cc1cc(C)n(CC(C)CNC(=O)Cc2c(C)noc2C)n1. The smallest absolute Gasteiger partial charge is 0.224 e.